The fraction of sp³-hybridized carbons (Fsp3) is 0.143. The Balaban J connectivity index is 2.56. The van der Waals surface area contributed by atoms with Crippen LogP contribution >= 0.6 is 0 Å². The Morgan fingerprint density at radius 3 is 2.41 bits per heavy atom. The molecule has 0 spiro atoms. The summed E-state index contributed by atoms with van der Waals surface area (Å²) in [4.78, 5) is 0. The van der Waals surface area contributed by atoms with E-state index in [1.807, 2.05) is 25.1 Å². The van der Waals surface area contributed by atoms with E-state index < -0.39 is 11.6 Å². The van der Waals surface area contributed by atoms with Gasteiger partial charge in [0, 0.05) is 11.6 Å². The lowest BCUT2D eigenvalue weighted by Crippen LogP contribution is -1.93. The van der Waals surface area contributed by atoms with E-state index in [1.54, 1.807) is 6.07 Å². The lowest BCUT2D eigenvalue weighted by atomic mass is 10.0. The molecule has 0 aliphatic rings. The Kier molecular flexibility index (Phi) is 3.09. The first-order chi connectivity index (χ1) is 8.11. The van der Waals surface area contributed by atoms with E-state index in [2.05, 4.69) is 0 Å². The van der Waals surface area contributed by atoms with Gasteiger partial charge < -0.3 is 4.74 Å². The third-order valence-corrected chi connectivity index (χ3v) is 2.57. The van der Waals surface area contributed by atoms with Crippen molar-refractivity contribution >= 4 is 0 Å². The summed E-state index contributed by atoms with van der Waals surface area (Å²) < 4.78 is 32.0. The lowest BCUT2D eigenvalue weighted by Gasteiger charge is -2.08. The zero-order valence-electron chi connectivity index (χ0n) is 9.63. The van der Waals surface area contributed by atoms with Crippen molar-refractivity contribution in [2.24, 2.45) is 0 Å². The molecule has 17 heavy (non-hydrogen) atoms. The molecule has 0 aliphatic carbocycles. The number of hydrogen-bond donors (Lipinski definition) is 0. The quantitative estimate of drug-likeness (QED) is 0.764. The maximum Gasteiger partial charge on any atom is 0.165 e. The van der Waals surface area contributed by atoms with Crippen LogP contribution in [0.15, 0.2) is 36.4 Å². The van der Waals surface area contributed by atoms with E-state index in [0.717, 1.165) is 17.7 Å². The van der Waals surface area contributed by atoms with Crippen molar-refractivity contribution in [3.05, 3.63) is 53.6 Å². The van der Waals surface area contributed by atoms with Gasteiger partial charge in [-0.05, 0) is 18.6 Å². The molecule has 0 saturated heterocycles. The van der Waals surface area contributed by atoms with Gasteiger partial charge in [-0.25, -0.2) is 8.78 Å². The van der Waals surface area contributed by atoms with Gasteiger partial charge in [0.1, 0.15) is 5.82 Å². The Morgan fingerprint density at radius 1 is 1.00 bits per heavy atom. The minimum atomic E-state index is -0.564. The molecule has 88 valence electrons. The normalized spacial score (nSPS) is 10.4. The van der Waals surface area contributed by atoms with Gasteiger partial charge in [0.05, 0.1) is 7.11 Å². The number of ether oxygens (including phenoxy) is 1. The Hall–Kier alpha value is -1.90. The fourth-order valence-electron chi connectivity index (χ4n) is 1.72. The van der Waals surface area contributed by atoms with Crippen LogP contribution in [0.2, 0.25) is 0 Å². The van der Waals surface area contributed by atoms with Gasteiger partial charge in [-0.15, -0.1) is 0 Å². The molecule has 0 saturated carbocycles. The number of aryl methyl sites for hydroxylation is 1. The Bertz CT molecular complexity index is 550. The van der Waals surface area contributed by atoms with Gasteiger partial charge in [-0.1, -0.05) is 29.8 Å². The van der Waals surface area contributed by atoms with Crippen molar-refractivity contribution in [1.29, 1.82) is 0 Å². The summed E-state index contributed by atoms with van der Waals surface area (Å²) in [6, 6.07) is 9.49. The minimum absolute atomic E-state index is 0.0843. The molecule has 0 radical (unpaired) electrons. The van der Waals surface area contributed by atoms with Crippen LogP contribution in [0.5, 0.6) is 5.75 Å². The van der Waals surface area contributed by atoms with Crippen LogP contribution in [0.1, 0.15) is 5.56 Å². The molecule has 0 atom stereocenters. The summed E-state index contributed by atoms with van der Waals surface area (Å²) in [5.74, 6) is -1.14. The molecule has 0 fully saturated rings. The number of benzene rings is 2. The number of methoxy groups -OCH3 is 1. The van der Waals surface area contributed by atoms with Crippen LogP contribution in [0.3, 0.4) is 0 Å². The van der Waals surface area contributed by atoms with Gasteiger partial charge in [0.15, 0.2) is 11.6 Å². The van der Waals surface area contributed by atoms with E-state index in [-0.39, 0.29) is 11.3 Å². The molecule has 0 aliphatic heterocycles. The average molecular weight is 234 g/mol. The number of rotatable bonds is 2. The summed E-state index contributed by atoms with van der Waals surface area (Å²) in [6.07, 6.45) is 0. The van der Waals surface area contributed by atoms with Gasteiger partial charge >= 0.3 is 0 Å². The van der Waals surface area contributed by atoms with Crippen molar-refractivity contribution in [2.75, 3.05) is 7.11 Å². The zero-order chi connectivity index (χ0) is 12.4. The van der Waals surface area contributed by atoms with E-state index in [1.165, 1.54) is 7.11 Å². The van der Waals surface area contributed by atoms with E-state index in [0.29, 0.717) is 5.56 Å². The van der Waals surface area contributed by atoms with Gasteiger partial charge in [-0.2, -0.15) is 0 Å². The number of hydrogen-bond acceptors (Lipinski definition) is 1. The Labute approximate surface area is 98.7 Å². The second-order valence-electron chi connectivity index (χ2n) is 3.84. The molecule has 2 aromatic rings. The Morgan fingerprint density at radius 2 is 1.76 bits per heavy atom. The summed E-state index contributed by atoms with van der Waals surface area (Å²) in [5.41, 5.74) is 1.90. The van der Waals surface area contributed by atoms with Crippen LogP contribution in [0.25, 0.3) is 11.1 Å². The largest absolute Gasteiger partial charge is 0.494 e. The second kappa shape index (κ2) is 4.53. The first kappa shape index (κ1) is 11.6. The van der Waals surface area contributed by atoms with E-state index in [4.69, 9.17) is 4.74 Å². The molecule has 0 amide bonds. The summed E-state index contributed by atoms with van der Waals surface area (Å²) in [6.45, 7) is 1.90. The highest BCUT2D eigenvalue weighted by Gasteiger charge is 2.11. The van der Waals surface area contributed by atoms with Gasteiger partial charge in [-0.3, -0.25) is 0 Å². The smallest absolute Gasteiger partial charge is 0.165 e. The van der Waals surface area contributed by atoms with Crippen molar-refractivity contribution in [3.8, 4) is 16.9 Å². The highest BCUT2D eigenvalue weighted by molar-refractivity contribution is 5.65. The SMILES string of the molecule is COc1cc(F)c(-c2cccc(C)c2)cc1F. The summed E-state index contributed by atoms with van der Waals surface area (Å²) >= 11 is 0. The highest BCUT2D eigenvalue weighted by atomic mass is 19.1. The monoisotopic (exact) mass is 234 g/mol. The van der Waals surface area contributed by atoms with Crippen LogP contribution in [-0.2, 0) is 0 Å². The van der Waals surface area contributed by atoms with Crippen molar-refractivity contribution in [2.45, 2.75) is 6.92 Å². The van der Waals surface area contributed by atoms with Gasteiger partial charge in [0.2, 0.25) is 0 Å². The average Bonchev–Trinajstić information content (AvgIpc) is 2.31. The standard InChI is InChI=1S/C14H12F2O/c1-9-4-3-5-10(6-9)11-7-13(16)14(17-2)8-12(11)15/h3-8H,1-2H3. The molecule has 0 heterocycles. The number of halogens is 2. The maximum absolute atomic E-state index is 13.8. The summed E-state index contributed by atoms with van der Waals surface area (Å²) in [5, 5.41) is 0. The van der Waals surface area contributed by atoms with Crippen LogP contribution in [-0.4, -0.2) is 7.11 Å². The molecule has 0 aromatic heterocycles. The first-order valence-corrected chi connectivity index (χ1v) is 5.22. The third-order valence-electron chi connectivity index (χ3n) is 2.57. The molecule has 1 nitrogen and oxygen atoms in total. The molecule has 0 bridgehead atoms. The fourth-order valence-corrected chi connectivity index (χ4v) is 1.72. The van der Waals surface area contributed by atoms with E-state index in [9.17, 15) is 8.78 Å². The molecular weight excluding hydrogens is 222 g/mol. The molecule has 2 rings (SSSR count). The third kappa shape index (κ3) is 2.28. The van der Waals surface area contributed by atoms with E-state index >= 15 is 0 Å². The first-order valence-electron chi connectivity index (χ1n) is 5.22. The highest BCUT2D eigenvalue weighted by Crippen LogP contribution is 2.29. The van der Waals surface area contributed by atoms with Crippen LogP contribution in [0, 0.1) is 18.6 Å². The predicted molar refractivity (Wildman–Crippen MR) is 63.1 cm³/mol. The second-order valence-corrected chi connectivity index (χ2v) is 3.84. The van der Waals surface area contributed by atoms with Crippen molar-refractivity contribution in [1.82, 2.24) is 0 Å². The summed E-state index contributed by atoms with van der Waals surface area (Å²) in [7, 11) is 1.31. The molecule has 2 aromatic carbocycles. The van der Waals surface area contributed by atoms with Crippen molar-refractivity contribution < 1.29 is 13.5 Å². The predicted octanol–water partition coefficient (Wildman–Crippen LogP) is 3.95. The molecule has 0 unspecified atom stereocenters. The topological polar surface area (TPSA) is 9.23 Å². The van der Waals surface area contributed by atoms with Crippen LogP contribution < -0.4 is 4.74 Å². The minimum Gasteiger partial charge on any atom is -0.494 e. The zero-order valence-corrected chi connectivity index (χ0v) is 9.63. The van der Waals surface area contributed by atoms with Crippen molar-refractivity contribution in [3.63, 3.8) is 0 Å². The molecular formula is C14H12F2O. The lowest BCUT2D eigenvalue weighted by molar-refractivity contribution is 0.383. The molecule has 0 N–H and O–H groups in total. The molecule has 3 heteroatoms. The maximum atomic E-state index is 13.8. The van der Waals surface area contributed by atoms with Gasteiger partial charge in [0.25, 0.3) is 0 Å². The van der Waals surface area contributed by atoms with Crippen LogP contribution in [0.4, 0.5) is 8.78 Å².